The Morgan fingerprint density at radius 1 is 0.697 bits per heavy atom. The summed E-state index contributed by atoms with van der Waals surface area (Å²) < 4.78 is 6.07. The largest absolute Gasteiger partial charge is 0.474 e. The highest BCUT2D eigenvalue weighted by molar-refractivity contribution is 6.46. The standard InChI is InChI=1S/C30H26N2O/c1-30(2)21-33-29(32-30)27(24-17-10-5-11-18-24)31-28-25(22-13-6-3-7-14-22)19-12-20-26(28)23-15-8-4-9-16-23/h3-20H,21H2,1-2H3. The van der Waals surface area contributed by atoms with Crippen LogP contribution in [0.15, 0.2) is 119 Å². The summed E-state index contributed by atoms with van der Waals surface area (Å²) in [6.07, 6.45) is 0. The molecule has 4 aromatic rings. The van der Waals surface area contributed by atoms with Crippen LogP contribution in [0, 0.1) is 0 Å². The summed E-state index contributed by atoms with van der Waals surface area (Å²) in [5.74, 6) is 0.591. The highest BCUT2D eigenvalue weighted by Gasteiger charge is 2.30. The van der Waals surface area contributed by atoms with Crippen LogP contribution in [-0.2, 0) is 4.74 Å². The third-order valence-electron chi connectivity index (χ3n) is 5.65. The van der Waals surface area contributed by atoms with Gasteiger partial charge >= 0.3 is 0 Å². The molecular weight excluding hydrogens is 404 g/mol. The molecule has 0 aromatic heterocycles. The van der Waals surface area contributed by atoms with Crippen molar-refractivity contribution in [2.75, 3.05) is 6.61 Å². The summed E-state index contributed by atoms with van der Waals surface area (Å²) >= 11 is 0. The van der Waals surface area contributed by atoms with Gasteiger partial charge in [-0.3, -0.25) is 0 Å². The molecule has 3 heteroatoms. The first kappa shape index (κ1) is 20.9. The fourth-order valence-electron chi connectivity index (χ4n) is 4.01. The monoisotopic (exact) mass is 430 g/mol. The second-order valence-corrected chi connectivity index (χ2v) is 8.78. The molecule has 0 aliphatic carbocycles. The van der Waals surface area contributed by atoms with E-state index >= 15 is 0 Å². The first-order valence-corrected chi connectivity index (χ1v) is 11.2. The van der Waals surface area contributed by atoms with E-state index in [4.69, 9.17) is 14.7 Å². The number of para-hydroxylation sites is 1. The fraction of sp³-hybridized carbons (Fsp3) is 0.133. The fourth-order valence-corrected chi connectivity index (χ4v) is 4.01. The van der Waals surface area contributed by atoms with Crippen LogP contribution in [0.3, 0.4) is 0 Å². The van der Waals surface area contributed by atoms with Gasteiger partial charge in [-0.05, 0) is 25.0 Å². The van der Waals surface area contributed by atoms with Gasteiger partial charge in [-0.15, -0.1) is 0 Å². The van der Waals surface area contributed by atoms with Gasteiger partial charge in [0.2, 0.25) is 5.90 Å². The molecule has 0 amide bonds. The molecule has 0 saturated carbocycles. The van der Waals surface area contributed by atoms with Crippen molar-refractivity contribution in [3.63, 3.8) is 0 Å². The van der Waals surface area contributed by atoms with Crippen molar-refractivity contribution in [1.29, 1.82) is 0 Å². The van der Waals surface area contributed by atoms with Gasteiger partial charge in [0.25, 0.3) is 0 Å². The van der Waals surface area contributed by atoms with Gasteiger partial charge < -0.3 is 4.74 Å². The first-order chi connectivity index (χ1) is 16.1. The summed E-state index contributed by atoms with van der Waals surface area (Å²) in [5, 5.41) is 0. The Kier molecular flexibility index (Phi) is 5.62. The topological polar surface area (TPSA) is 34.0 Å². The highest BCUT2D eigenvalue weighted by Crippen LogP contribution is 2.40. The highest BCUT2D eigenvalue weighted by atomic mass is 16.5. The van der Waals surface area contributed by atoms with Crippen LogP contribution in [0.2, 0.25) is 0 Å². The summed E-state index contributed by atoms with van der Waals surface area (Å²) in [6.45, 7) is 4.70. The van der Waals surface area contributed by atoms with E-state index in [1.165, 1.54) is 0 Å². The molecular formula is C30H26N2O. The molecule has 5 rings (SSSR count). The molecule has 1 heterocycles. The number of rotatable bonds is 5. The summed E-state index contributed by atoms with van der Waals surface area (Å²) in [7, 11) is 0. The van der Waals surface area contributed by atoms with Gasteiger partial charge in [-0.25, -0.2) is 9.98 Å². The van der Waals surface area contributed by atoms with E-state index in [0.717, 1.165) is 39.2 Å². The number of hydrogen-bond donors (Lipinski definition) is 0. The van der Waals surface area contributed by atoms with E-state index in [-0.39, 0.29) is 5.54 Å². The van der Waals surface area contributed by atoms with Crippen LogP contribution in [-0.4, -0.2) is 23.8 Å². The number of aliphatic imine (C=N–C) groups is 2. The second-order valence-electron chi connectivity index (χ2n) is 8.78. The van der Waals surface area contributed by atoms with E-state index < -0.39 is 0 Å². The third-order valence-corrected chi connectivity index (χ3v) is 5.65. The summed E-state index contributed by atoms with van der Waals surface area (Å²) in [4.78, 5) is 10.2. The lowest BCUT2D eigenvalue weighted by Gasteiger charge is -2.15. The molecule has 33 heavy (non-hydrogen) atoms. The van der Waals surface area contributed by atoms with Gasteiger partial charge in [0, 0.05) is 16.7 Å². The SMILES string of the molecule is CC1(C)COC(C(=Nc2c(-c3ccccc3)cccc2-c2ccccc2)c2ccccc2)=N1. The Balaban J connectivity index is 1.79. The second kappa shape index (κ2) is 8.87. The quantitative estimate of drug-likeness (QED) is 0.305. The molecule has 4 aromatic carbocycles. The summed E-state index contributed by atoms with van der Waals surface area (Å²) in [5.41, 5.74) is 6.76. The Hall–Kier alpha value is -3.98. The zero-order valence-electron chi connectivity index (χ0n) is 18.9. The molecule has 0 atom stereocenters. The maximum atomic E-state index is 6.07. The smallest absolute Gasteiger partial charge is 0.236 e. The Morgan fingerprint density at radius 3 is 1.70 bits per heavy atom. The summed E-state index contributed by atoms with van der Waals surface area (Å²) in [6, 6.07) is 37.3. The maximum Gasteiger partial charge on any atom is 0.236 e. The zero-order chi connectivity index (χ0) is 22.7. The molecule has 0 unspecified atom stereocenters. The van der Waals surface area contributed by atoms with E-state index in [2.05, 4.69) is 92.7 Å². The lowest BCUT2D eigenvalue weighted by molar-refractivity contribution is 0.282. The molecule has 0 radical (unpaired) electrons. The van der Waals surface area contributed by atoms with Gasteiger partial charge in [0.15, 0.2) is 0 Å². The molecule has 162 valence electrons. The van der Waals surface area contributed by atoms with Crippen LogP contribution in [0.25, 0.3) is 22.3 Å². The predicted molar refractivity (Wildman–Crippen MR) is 137 cm³/mol. The van der Waals surface area contributed by atoms with Crippen molar-refractivity contribution in [3.8, 4) is 22.3 Å². The van der Waals surface area contributed by atoms with Gasteiger partial charge in [0.05, 0.1) is 11.2 Å². The first-order valence-electron chi connectivity index (χ1n) is 11.2. The Bertz CT molecular complexity index is 1250. The molecule has 0 bridgehead atoms. The van der Waals surface area contributed by atoms with Gasteiger partial charge in [0.1, 0.15) is 12.3 Å². The van der Waals surface area contributed by atoms with Crippen molar-refractivity contribution in [3.05, 3.63) is 115 Å². The molecule has 3 nitrogen and oxygen atoms in total. The van der Waals surface area contributed by atoms with Crippen LogP contribution in [0.1, 0.15) is 19.4 Å². The molecule has 0 fully saturated rings. The van der Waals surface area contributed by atoms with Gasteiger partial charge in [-0.1, -0.05) is 109 Å². The van der Waals surface area contributed by atoms with E-state index in [1.54, 1.807) is 0 Å². The van der Waals surface area contributed by atoms with E-state index in [0.29, 0.717) is 12.5 Å². The van der Waals surface area contributed by atoms with Crippen molar-refractivity contribution in [2.45, 2.75) is 19.4 Å². The van der Waals surface area contributed by atoms with Gasteiger partial charge in [-0.2, -0.15) is 0 Å². The van der Waals surface area contributed by atoms with Crippen molar-refractivity contribution >= 4 is 17.3 Å². The average molecular weight is 431 g/mol. The number of ether oxygens (including phenoxy) is 1. The number of nitrogens with zero attached hydrogens (tertiary/aromatic N) is 2. The minimum absolute atomic E-state index is 0.272. The van der Waals surface area contributed by atoms with E-state index in [9.17, 15) is 0 Å². The minimum atomic E-state index is -0.272. The molecule has 0 saturated heterocycles. The lowest BCUT2D eigenvalue weighted by atomic mass is 9.96. The molecule has 1 aliphatic heterocycles. The maximum absolute atomic E-state index is 6.07. The minimum Gasteiger partial charge on any atom is -0.474 e. The molecule has 1 aliphatic rings. The van der Waals surface area contributed by atoms with Crippen LogP contribution < -0.4 is 0 Å². The Morgan fingerprint density at radius 2 is 1.21 bits per heavy atom. The van der Waals surface area contributed by atoms with Crippen LogP contribution in [0.5, 0.6) is 0 Å². The predicted octanol–water partition coefficient (Wildman–Crippen LogP) is 7.35. The van der Waals surface area contributed by atoms with Crippen molar-refractivity contribution in [1.82, 2.24) is 0 Å². The average Bonchev–Trinajstić information content (AvgIpc) is 3.23. The number of benzene rings is 4. The van der Waals surface area contributed by atoms with Crippen molar-refractivity contribution in [2.24, 2.45) is 9.98 Å². The molecule has 0 N–H and O–H groups in total. The zero-order valence-corrected chi connectivity index (χ0v) is 18.9. The normalized spacial score (nSPS) is 15.1. The molecule has 0 spiro atoms. The Labute approximate surface area is 195 Å². The van der Waals surface area contributed by atoms with E-state index in [1.807, 2.05) is 30.3 Å². The van der Waals surface area contributed by atoms with Crippen LogP contribution in [0.4, 0.5) is 5.69 Å². The number of hydrogen-bond acceptors (Lipinski definition) is 3. The van der Waals surface area contributed by atoms with Crippen LogP contribution >= 0.6 is 0 Å². The lowest BCUT2D eigenvalue weighted by Crippen LogP contribution is -2.17. The van der Waals surface area contributed by atoms with Crippen molar-refractivity contribution < 1.29 is 4.74 Å². The third kappa shape index (κ3) is 4.49.